The van der Waals surface area contributed by atoms with Crippen molar-refractivity contribution in [1.29, 1.82) is 0 Å². The third-order valence-electron chi connectivity index (χ3n) is 4.33. The van der Waals surface area contributed by atoms with Crippen molar-refractivity contribution in [2.24, 2.45) is 23.7 Å². The third-order valence-corrected chi connectivity index (χ3v) is 4.33. The van der Waals surface area contributed by atoms with Gasteiger partial charge in [0.05, 0.1) is 7.11 Å². The fourth-order valence-electron chi connectivity index (χ4n) is 3.60. The molecule has 0 amide bonds. The summed E-state index contributed by atoms with van der Waals surface area (Å²) < 4.78 is 4.73. The first kappa shape index (κ1) is 11.7. The van der Waals surface area contributed by atoms with Gasteiger partial charge in [-0.15, -0.1) is 0 Å². The number of ether oxygens (including phenoxy) is 1. The van der Waals surface area contributed by atoms with Crippen LogP contribution in [-0.4, -0.2) is 13.1 Å². The van der Waals surface area contributed by atoms with Crippen LogP contribution < -0.4 is 0 Å². The van der Waals surface area contributed by atoms with E-state index in [1.54, 1.807) is 0 Å². The van der Waals surface area contributed by atoms with Crippen molar-refractivity contribution in [2.75, 3.05) is 7.11 Å². The summed E-state index contributed by atoms with van der Waals surface area (Å²) in [7, 11) is 1.48. The summed E-state index contributed by atoms with van der Waals surface area (Å²) in [5.74, 6) is 3.04. The number of allylic oxidation sites excluding steroid dienone is 2. The molecule has 16 heavy (non-hydrogen) atoms. The lowest BCUT2D eigenvalue weighted by Gasteiger charge is -2.27. The molecule has 0 N–H and O–H groups in total. The predicted molar refractivity (Wildman–Crippen MR) is 63.9 cm³/mol. The minimum atomic E-state index is -0.0537. The van der Waals surface area contributed by atoms with Gasteiger partial charge in [0.25, 0.3) is 0 Å². The van der Waals surface area contributed by atoms with E-state index in [1.807, 2.05) is 0 Å². The predicted octanol–water partition coefficient (Wildman–Crippen LogP) is 3.18. The molecule has 2 aliphatic rings. The smallest absolute Gasteiger partial charge is 0.305 e. The normalized spacial score (nSPS) is 35.6. The van der Waals surface area contributed by atoms with E-state index in [2.05, 4.69) is 19.1 Å². The Hall–Kier alpha value is -0.790. The Labute approximate surface area is 98.1 Å². The minimum absolute atomic E-state index is 0.0537. The van der Waals surface area contributed by atoms with E-state index in [9.17, 15) is 4.79 Å². The first-order valence-corrected chi connectivity index (χ1v) is 6.51. The van der Waals surface area contributed by atoms with Crippen molar-refractivity contribution in [3.8, 4) is 0 Å². The monoisotopic (exact) mass is 222 g/mol. The van der Waals surface area contributed by atoms with Gasteiger partial charge in [0.15, 0.2) is 0 Å². The zero-order chi connectivity index (χ0) is 11.5. The van der Waals surface area contributed by atoms with Gasteiger partial charge in [0, 0.05) is 6.42 Å². The second-order valence-corrected chi connectivity index (χ2v) is 5.18. The van der Waals surface area contributed by atoms with Crippen LogP contribution in [0.4, 0.5) is 0 Å². The maximum atomic E-state index is 11.2. The molecular weight excluding hydrogens is 200 g/mol. The van der Waals surface area contributed by atoms with Gasteiger partial charge in [0.1, 0.15) is 0 Å². The van der Waals surface area contributed by atoms with Crippen LogP contribution in [0, 0.1) is 23.7 Å². The molecule has 2 nitrogen and oxygen atoms in total. The highest BCUT2D eigenvalue weighted by molar-refractivity contribution is 5.69. The van der Waals surface area contributed by atoms with Crippen molar-refractivity contribution in [3.63, 3.8) is 0 Å². The number of esters is 1. The van der Waals surface area contributed by atoms with E-state index >= 15 is 0 Å². The lowest BCUT2D eigenvalue weighted by atomic mass is 9.78. The van der Waals surface area contributed by atoms with E-state index < -0.39 is 0 Å². The maximum Gasteiger partial charge on any atom is 0.305 e. The van der Waals surface area contributed by atoms with Gasteiger partial charge < -0.3 is 4.74 Å². The highest BCUT2D eigenvalue weighted by Crippen LogP contribution is 2.51. The second kappa shape index (κ2) is 5.03. The zero-order valence-electron chi connectivity index (χ0n) is 10.3. The lowest BCUT2D eigenvalue weighted by molar-refractivity contribution is -0.141. The van der Waals surface area contributed by atoms with Crippen LogP contribution in [0.5, 0.6) is 0 Å². The summed E-state index contributed by atoms with van der Waals surface area (Å²) >= 11 is 0. The molecule has 90 valence electrons. The van der Waals surface area contributed by atoms with Crippen molar-refractivity contribution in [3.05, 3.63) is 12.2 Å². The Kier molecular flexibility index (Phi) is 3.67. The van der Waals surface area contributed by atoms with Gasteiger partial charge in [-0.25, -0.2) is 0 Å². The summed E-state index contributed by atoms with van der Waals surface area (Å²) in [6.45, 7) is 2.26. The van der Waals surface area contributed by atoms with Crippen LogP contribution in [0.1, 0.15) is 39.0 Å². The Morgan fingerprint density at radius 3 is 2.44 bits per heavy atom. The molecule has 0 aromatic carbocycles. The van der Waals surface area contributed by atoms with Crippen LogP contribution in [0.15, 0.2) is 12.2 Å². The molecule has 0 spiro atoms. The van der Waals surface area contributed by atoms with Crippen LogP contribution in [0.2, 0.25) is 0 Å². The number of hydrogen-bond acceptors (Lipinski definition) is 2. The molecule has 1 fully saturated rings. The quantitative estimate of drug-likeness (QED) is 0.527. The molecule has 0 heterocycles. The van der Waals surface area contributed by atoms with Crippen molar-refractivity contribution < 1.29 is 9.53 Å². The van der Waals surface area contributed by atoms with Gasteiger partial charge in [-0.3, -0.25) is 4.79 Å². The second-order valence-electron chi connectivity index (χ2n) is 5.18. The standard InChI is InChI=1S/C14H22O2/c1-3-4-12-10-5-6-11(9-10)13(12)7-8-14(15)16-2/h5-6,10-13H,3-4,7-9H2,1-2H3. The molecular formula is C14H22O2. The summed E-state index contributed by atoms with van der Waals surface area (Å²) in [6, 6.07) is 0. The molecule has 1 saturated carbocycles. The summed E-state index contributed by atoms with van der Waals surface area (Å²) in [5, 5.41) is 0. The van der Waals surface area contributed by atoms with Crippen LogP contribution in [0.3, 0.4) is 0 Å². The molecule has 2 aliphatic carbocycles. The fourth-order valence-corrected chi connectivity index (χ4v) is 3.60. The number of hydrogen-bond donors (Lipinski definition) is 0. The topological polar surface area (TPSA) is 26.3 Å². The molecule has 4 atom stereocenters. The third kappa shape index (κ3) is 2.16. The lowest BCUT2D eigenvalue weighted by Crippen LogP contribution is -2.20. The number of carbonyl (C=O) groups is 1. The average molecular weight is 222 g/mol. The van der Waals surface area contributed by atoms with Gasteiger partial charge in [-0.2, -0.15) is 0 Å². The highest BCUT2D eigenvalue weighted by Gasteiger charge is 2.43. The van der Waals surface area contributed by atoms with Crippen LogP contribution in [0.25, 0.3) is 0 Å². The van der Waals surface area contributed by atoms with Crippen LogP contribution >= 0.6 is 0 Å². The van der Waals surface area contributed by atoms with Gasteiger partial charge in [-0.05, 0) is 42.9 Å². The molecule has 2 bridgehead atoms. The Balaban J connectivity index is 1.91. The summed E-state index contributed by atoms with van der Waals surface area (Å²) in [4.78, 5) is 11.2. The zero-order valence-corrected chi connectivity index (χ0v) is 10.3. The van der Waals surface area contributed by atoms with Gasteiger partial charge in [-0.1, -0.05) is 25.5 Å². The summed E-state index contributed by atoms with van der Waals surface area (Å²) in [6.07, 6.45) is 10.3. The summed E-state index contributed by atoms with van der Waals surface area (Å²) in [5.41, 5.74) is 0. The molecule has 0 aromatic heterocycles. The van der Waals surface area contributed by atoms with Crippen LogP contribution in [-0.2, 0) is 9.53 Å². The molecule has 0 saturated heterocycles. The largest absolute Gasteiger partial charge is 0.469 e. The molecule has 4 unspecified atom stereocenters. The van der Waals surface area contributed by atoms with Crippen molar-refractivity contribution in [2.45, 2.75) is 39.0 Å². The molecule has 0 radical (unpaired) electrons. The molecule has 2 heteroatoms. The van der Waals surface area contributed by atoms with E-state index in [1.165, 1.54) is 26.4 Å². The maximum absolute atomic E-state index is 11.2. The first-order chi connectivity index (χ1) is 7.76. The van der Waals surface area contributed by atoms with Crippen molar-refractivity contribution >= 4 is 5.97 Å². The average Bonchev–Trinajstić information content (AvgIpc) is 2.87. The Morgan fingerprint density at radius 2 is 1.88 bits per heavy atom. The van der Waals surface area contributed by atoms with E-state index in [4.69, 9.17) is 4.74 Å². The SMILES string of the molecule is CCCC1C2C=CC(C2)C1CCC(=O)OC. The molecule has 0 aliphatic heterocycles. The highest BCUT2D eigenvalue weighted by atomic mass is 16.5. The van der Waals surface area contributed by atoms with Gasteiger partial charge >= 0.3 is 5.97 Å². The fraction of sp³-hybridized carbons (Fsp3) is 0.786. The van der Waals surface area contributed by atoms with Gasteiger partial charge in [0.2, 0.25) is 0 Å². The van der Waals surface area contributed by atoms with E-state index in [0.717, 1.165) is 30.1 Å². The first-order valence-electron chi connectivity index (χ1n) is 6.51. The number of methoxy groups -OCH3 is 1. The minimum Gasteiger partial charge on any atom is -0.469 e. The molecule has 2 rings (SSSR count). The number of carbonyl (C=O) groups excluding carboxylic acids is 1. The number of fused-ring (bicyclic) bond motifs is 2. The van der Waals surface area contributed by atoms with Crippen molar-refractivity contribution in [1.82, 2.24) is 0 Å². The molecule has 0 aromatic rings. The Bertz CT molecular complexity index is 282. The van der Waals surface area contributed by atoms with E-state index in [-0.39, 0.29) is 5.97 Å². The van der Waals surface area contributed by atoms with E-state index in [0.29, 0.717) is 6.42 Å². The Morgan fingerprint density at radius 1 is 1.25 bits per heavy atom. The number of rotatable bonds is 5.